The Morgan fingerprint density at radius 3 is 2.43 bits per heavy atom. The van der Waals surface area contributed by atoms with Crippen LogP contribution in [0.15, 0.2) is 83.5 Å². The Morgan fingerprint density at radius 2 is 1.74 bits per heavy atom. The number of anilines is 2. The van der Waals surface area contributed by atoms with E-state index in [9.17, 15) is 17.6 Å². The van der Waals surface area contributed by atoms with Crippen LogP contribution in [-0.4, -0.2) is 44.6 Å². The number of pyridine rings is 1. The first-order valence-corrected chi connectivity index (χ1v) is 14.8. The Hall–Kier alpha value is -5.16. The number of carbonyl (C=O) groups is 1. The molecule has 3 aromatic heterocycles. The van der Waals surface area contributed by atoms with Crippen LogP contribution in [0.2, 0.25) is 0 Å². The molecule has 0 fully saturated rings. The number of carbonyl (C=O) groups excluding carboxylic acids is 1. The number of halogens is 1. The van der Waals surface area contributed by atoms with Gasteiger partial charge < -0.3 is 20.5 Å². The molecule has 0 aliphatic rings. The fourth-order valence-corrected chi connectivity index (χ4v) is 5.53. The number of aromatic amines is 1. The molecule has 4 N–H and O–H groups in total. The number of nitrogens with two attached hydrogens (primary N) is 1. The second kappa shape index (κ2) is 10.0. The summed E-state index contributed by atoms with van der Waals surface area (Å²) < 4.78 is 46.4. The van der Waals surface area contributed by atoms with Gasteiger partial charge in [0.25, 0.3) is 5.91 Å². The van der Waals surface area contributed by atoms with Crippen molar-refractivity contribution in [2.45, 2.75) is 0 Å². The van der Waals surface area contributed by atoms with Crippen LogP contribution in [0.5, 0.6) is 0 Å². The lowest BCUT2D eigenvalue weighted by Gasteiger charge is -2.20. The minimum Gasteiger partial charge on any atom is -0.455 e. The smallest absolute Gasteiger partial charge is 0.255 e. The topological polar surface area (TPSA) is 134 Å². The maximum absolute atomic E-state index is 13.7. The fraction of sp³-hybridized carbons (Fsp3) is 0.0968. The summed E-state index contributed by atoms with van der Waals surface area (Å²) in [4.78, 5) is 21.0. The van der Waals surface area contributed by atoms with Gasteiger partial charge in [-0.2, -0.15) is 0 Å². The van der Waals surface area contributed by atoms with E-state index in [2.05, 4.69) is 15.3 Å². The number of nitrogen functional groups attached to an aromatic ring is 1. The zero-order chi connectivity index (χ0) is 29.8. The Bertz CT molecular complexity index is 2120. The largest absolute Gasteiger partial charge is 0.455 e. The molecule has 0 aliphatic heterocycles. The molecule has 0 atom stereocenters. The minimum absolute atomic E-state index is 0.233. The number of fused-ring (bicyclic) bond motifs is 2. The summed E-state index contributed by atoms with van der Waals surface area (Å²) in [7, 11) is -0.742. The van der Waals surface area contributed by atoms with Gasteiger partial charge in [-0.3, -0.25) is 14.1 Å². The second-order valence-electron chi connectivity index (χ2n) is 9.94. The molecule has 0 saturated heterocycles. The average molecular weight is 584 g/mol. The Morgan fingerprint density at radius 1 is 1.00 bits per heavy atom. The quantitative estimate of drug-likeness (QED) is 0.213. The molecule has 0 radical (unpaired) electrons. The van der Waals surface area contributed by atoms with Crippen LogP contribution < -0.4 is 15.4 Å². The first-order chi connectivity index (χ1) is 20.0. The van der Waals surface area contributed by atoms with Gasteiger partial charge in [0.2, 0.25) is 10.0 Å². The van der Waals surface area contributed by atoms with Crippen molar-refractivity contribution in [1.29, 1.82) is 0 Å². The minimum atomic E-state index is -3.69. The number of amides is 1. The highest BCUT2D eigenvalue weighted by atomic mass is 32.2. The zero-order valence-corrected chi connectivity index (χ0v) is 23.7. The van der Waals surface area contributed by atoms with Crippen molar-refractivity contribution in [2.24, 2.45) is 0 Å². The van der Waals surface area contributed by atoms with Crippen LogP contribution in [0.3, 0.4) is 0 Å². The summed E-state index contributed by atoms with van der Waals surface area (Å²) >= 11 is 0. The number of hydrogen-bond donors (Lipinski definition) is 3. The van der Waals surface area contributed by atoms with Crippen molar-refractivity contribution in [1.82, 2.24) is 15.3 Å². The summed E-state index contributed by atoms with van der Waals surface area (Å²) in [6.07, 6.45) is 4.43. The summed E-state index contributed by atoms with van der Waals surface area (Å²) in [5, 5.41) is 3.97. The van der Waals surface area contributed by atoms with Crippen LogP contribution in [0.25, 0.3) is 55.6 Å². The van der Waals surface area contributed by atoms with Gasteiger partial charge in [-0.25, -0.2) is 12.8 Å². The van der Waals surface area contributed by atoms with Gasteiger partial charge in [0, 0.05) is 82.5 Å². The van der Waals surface area contributed by atoms with E-state index in [-0.39, 0.29) is 16.9 Å². The fourth-order valence-electron chi connectivity index (χ4n) is 5.03. The highest BCUT2D eigenvalue weighted by Gasteiger charge is 2.26. The number of hydrogen-bond acceptors (Lipinski definition) is 6. The molecule has 0 saturated carbocycles. The maximum atomic E-state index is 13.7. The Balaban J connectivity index is 1.60. The van der Waals surface area contributed by atoms with E-state index in [0.717, 1.165) is 32.7 Å². The predicted octanol–water partition coefficient (Wildman–Crippen LogP) is 5.79. The molecule has 0 aliphatic carbocycles. The molecule has 6 rings (SSSR count). The van der Waals surface area contributed by atoms with E-state index in [1.54, 1.807) is 24.5 Å². The molecule has 3 aromatic carbocycles. The third kappa shape index (κ3) is 4.63. The van der Waals surface area contributed by atoms with Crippen molar-refractivity contribution in [2.75, 3.05) is 30.4 Å². The third-order valence-electron chi connectivity index (χ3n) is 7.26. The van der Waals surface area contributed by atoms with Gasteiger partial charge in [0.05, 0.1) is 17.5 Å². The number of H-pyrrole nitrogens is 1. The standard InChI is InChI=1S/C31H26FN5O4S/c1-34-31(38)29-23-12-21(18-11-19(16-35-15-18)26-13-22-24(33)5-4-6-25(22)36-26)27(37(2)42(3,39)40)14-28(23)41-30(29)17-7-9-20(32)10-8-17/h4-16,36H,33H2,1-3H3,(H,34,38). The SMILES string of the molecule is CNC(=O)c1c(-c2ccc(F)cc2)oc2cc(N(C)S(C)(=O)=O)c(-c3cncc(-c4cc5c(N)cccc5[nH]4)c3)cc12. The number of rotatable bonds is 6. The third-order valence-corrected chi connectivity index (χ3v) is 8.45. The number of nitrogens with zero attached hydrogens (tertiary/aromatic N) is 2. The van der Waals surface area contributed by atoms with E-state index in [1.165, 1.54) is 38.4 Å². The van der Waals surface area contributed by atoms with Gasteiger partial charge in [-0.1, -0.05) is 6.07 Å². The number of furan rings is 1. The highest BCUT2D eigenvalue weighted by molar-refractivity contribution is 7.92. The predicted molar refractivity (Wildman–Crippen MR) is 163 cm³/mol. The van der Waals surface area contributed by atoms with Gasteiger partial charge >= 0.3 is 0 Å². The monoisotopic (exact) mass is 583 g/mol. The molecule has 1 amide bonds. The van der Waals surface area contributed by atoms with E-state index in [0.29, 0.717) is 33.5 Å². The Labute approximate surface area is 240 Å². The number of nitrogens with one attached hydrogen (secondary N) is 2. The van der Waals surface area contributed by atoms with Gasteiger partial charge in [-0.15, -0.1) is 0 Å². The van der Waals surface area contributed by atoms with Crippen LogP contribution in [0, 0.1) is 5.82 Å². The van der Waals surface area contributed by atoms with Crippen molar-refractivity contribution in [3.63, 3.8) is 0 Å². The lowest BCUT2D eigenvalue weighted by Crippen LogP contribution is -2.25. The highest BCUT2D eigenvalue weighted by Crippen LogP contribution is 2.42. The first kappa shape index (κ1) is 27.0. The van der Waals surface area contributed by atoms with Crippen LogP contribution in [0.1, 0.15) is 10.4 Å². The molecular formula is C31H26FN5O4S. The average Bonchev–Trinajstić information content (AvgIpc) is 3.58. The van der Waals surface area contributed by atoms with E-state index >= 15 is 0 Å². The molecule has 11 heteroatoms. The molecule has 6 aromatic rings. The molecule has 0 spiro atoms. The van der Waals surface area contributed by atoms with Crippen LogP contribution in [-0.2, 0) is 10.0 Å². The summed E-state index contributed by atoms with van der Waals surface area (Å²) in [6.45, 7) is 0. The van der Waals surface area contributed by atoms with Crippen molar-refractivity contribution < 1.29 is 22.0 Å². The summed E-state index contributed by atoms with van der Waals surface area (Å²) in [6, 6.07) is 18.3. The van der Waals surface area contributed by atoms with Crippen molar-refractivity contribution >= 4 is 49.2 Å². The summed E-state index contributed by atoms with van der Waals surface area (Å²) in [5.74, 6) is -0.608. The molecule has 0 bridgehead atoms. The van der Waals surface area contributed by atoms with Crippen molar-refractivity contribution in [3.05, 3.63) is 90.5 Å². The van der Waals surface area contributed by atoms with Crippen LogP contribution in [0.4, 0.5) is 15.8 Å². The van der Waals surface area contributed by atoms with E-state index in [4.69, 9.17) is 10.2 Å². The first-order valence-electron chi connectivity index (χ1n) is 12.9. The number of aromatic nitrogens is 2. The van der Waals surface area contributed by atoms with Crippen LogP contribution >= 0.6 is 0 Å². The number of benzene rings is 3. The van der Waals surface area contributed by atoms with E-state index in [1.807, 2.05) is 30.3 Å². The lowest BCUT2D eigenvalue weighted by atomic mass is 9.98. The molecule has 3 heterocycles. The molecular weight excluding hydrogens is 557 g/mol. The van der Waals surface area contributed by atoms with Gasteiger partial charge in [0.15, 0.2) is 0 Å². The lowest BCUT2D eigenvalue weighted by molar-refractivity contribution is 0.0964. The maximum Gasteiger partial charge on any atom is 0.255 e. The van der Waals surface area contributed by atoms with Gasteiger partial charge in [-0.05, 0) is 54.6 Å². The normalized spacial score (nSPS) is 11.7. The molecule has 212 valence electrons. The van der Waals surface area contributed by atoms with E-state index < -0.39 is 21.7 Å². The Kier molecular flexibility index (Phi) is 6.46. The molecule has 42 heavy (non-hydrogen) atoms. The molecule has 0 unspecified atom stereocenters. The van der Waals surface area contributed by atoms with Crippen molar-refractivity contribution in [3.8, 4) is 33.7 Å². The van der Waals surface area contributed by atoms with Gasteiger partial charge in [0.1, 0.15) is 17.2 Å². The zero-order valence-electron chi connectivity index (χ0n) is 22.9. The second-order valence-corrected chi connectivity index (χ2v) is 12.0. The molecule has 9 nitrogen and oxygen atoms in total. The number of sulfonamides is 1. The summed E-state index contributed by atoms with van der Waals surface area (Å²) in [5.41, 5.74) is 11.7.